The maximum atomic E-state index is 5.68. The molecule has 2 rings (SSSR count). The van der Waals surface area contributed by atoms with Crippen LogP contribution in [0.4, 0.5) is 0 Å². The van der Waals surface area contributed by atoms with Gasteiger partial charge < -0.3 is 9.15 Å². The predicted molar refractivity (Wildman–Crippen MR) is 57.0 cm³/mol. The van der Waals surface area contributed by atoms with Gasteiger partial charge in [0.15, 0.2) is 0 Å². The lowest BCUT2D eigenvalue weighted by Gasteiger charge is -2.26. The Morgan fingerprint density at radius 3 is 3.07 bits per heavy atom. The van der Waals surface area contributed by atoms with Crippen LogP contribution in [0.25, 0.3) is 0 Å². The van der Waals surface area contributed by atoms with Gasteiger partial charge in [0.2, 0.25) is 0 Å². The number of ether oxygens (including phenoxy) is 1. The Bertz CT molecular complexity index is 268. The summed E-state index contributed by atoms with van der Waals surface area (Å²) in [6.45, 7) is 0.882. The number of hydrazine groups is 1. The molecule has 1 aliphatic rings. The smallest absolute Gasteiger partial charge is 0.0950 e. The van der Waals surface area contributed by atoms with Crippen LogP contribution in [0.3, 0.4) is 0 Å². The summed E-state index contributed by atoms with van der Waals surface area (Å²) < 4.78 is 10.7. The highest BCUT2D eigenvalue weighted by atomic mass is 16.5. The Hall–Kier alpha value is -0.840. The van der Waals surface area contributed by atoms with Gasteiger partial charge in [0.25, 0.3) is 0 Å². The Morgan fingerprint density at radius 1 is 1.53 bits per heavy atom. The van der Waals surface area contributed by atoms with Gasteiger partial charge in [0.05, 0.1) is 24.7 Å². The van der Waals surface area contributed by atoms with Gasteiger partial charge in [-0.05, 0) is 31.7 Å². The Balaban J connectivity index is 1.90. The van der Waals surface area contributed by atoms with E-state index in [-0.39, 0.29) is 6.04 Å². The van der Waals surface area contributed by atoms with E-state index in [0.29, 0.717) is 6.10 Å². The zero-order valence-corrected chi connectivity index (χ0v) is 8.82. The first kappa shape index (κ1) is 10.7. The van der Waals surface area contributed by atoms with Gasteiger partial charge in [0, 0.05) is 12.2 Å². The summed E-state index contributed by atoms with van der Waals surface area (Å²) in [5, 5.41) is 0. The first-order chi connectivity index (χ1) is 7.40. The Labute approximate surface area is 89.7 Å². The topological polar surface area (TPSA) is 60.4 Å². The molecular weight excluding hydrogens is 192 g/mol. The van der Waals surface area contributed by atoms with Gasteiger partial charge >= 0.3 is 0 Å². The molecule has 0 saturated carbocycles. The number of nitrogens with one attached hydrogen (secondary N) is 1. The van der Waals surface area contributed by atoms with Crippen molar-refractivity contribution in [1.29, 1.82) is 0 Å². The van der Waals surface area contributed by atoms with Crippen LogP contribution in [0.5, 0.6) is 0 Å². The van der Waals surface area contributed by atoms with Gasteiger partial charge in [-0.25, -0.2) is 0 Å². The zero-order chi connectivity index (χ0) is 10.5. The normalized spacial score (nSPS) is 23.9. The van der Waals surface area contributed by atoms with Crippen molar-refractivity contribution in [3.05, 3.63) is 24.2 Å². The first-order valence-corrected chi connectivity index (χ1v) is 5.50. The number of nitrogens with two attached hydrogens (primary N) is 1. The van der Waals surface area contributed by atoms with E-state index in [1.807, 2.05) is 6.07 Å². The molecule has 2 unspecified atom stereocenters. The van der Waals surface area contributed by atoms with Crippen LogP contribution in [0, 0.1) is 0 Å². The van der Waals surface area contributed by atoms with Crippen LogP contribution in [0.2, 0.25) is 0 Å². The maximum absolute atomic E-state index is 5.68. The molecule has 4 nitrogen and oxygen atoms in total. The van der Waals surface area contributed by atoms with Crippen molar-refractivity contribution >= 4 is 0 Å². The number of rotatable bonds is 4. The minimum atomic E-state index is 0.131. The first-order valence-electron chi connectivity index (χ1n) is 5.50. The zero-order valence-electron chi connectivity index (χ0n) is 8.82. The largest absolute Gasteiger partial charge is 0.472 e. The molecule has 1 aliphatic heterocycles. The minimum Gasteiger partial charge on any atom is -0.472 e. The molecule has 3 N–H and O–H groups in total. The second-order valence-electron chi connectivity index (χ2n) is 4.00. The van der Waals surface area contributed by atoms with E-state index in [1.165, 1.54) is 12.8 Å². The summed E-state index contributed by atoms with van der Waals surface area (Å²) in [6.07, 6.45) is 8.21. The van der Waals surface area contributed by atoms with Crippen molar-refractivity contribution in [2.24, 2.45) is 5.84 Å². The molecule has 0 spiro atoms. The van der Waals surface area contributed by atoms with Gasteiger partial charge in [0.1, 0.15) is 0 Å². The third-order valence-corrected chi connectivity index (χ3v) is 2.92. The molecule has 84 valence electrons. The second kappa shape index (κ2) is 5.30. The third-order valence-electron chi connectivity index (χ3n) is 2.92. The molecule has 4 heteroatoms. The molecule has 1 saturated heterocycles. The van der Waals surface area contributed by atoms with E-state index in [1.54, 1.807) is 12.5 Å². The van der Waals surface area contributed by atoms with Crippen LogP contribution in [-0.4, -0.2) is 12.7 Å². The lowest BCUT2D eigenvalue weighted by molar-refractivity contribution is 0.00499. The summed E-state index contributed by atoms with van der Waals surface area (Å²) in [7, 11) is 0. The van der Waals surface area contributed by atoms with Gasteiger partial charge in [-0.2, -0.15) is 0 Å². The van der Waals surface area contributed by atoms with Crippen LogP contribution >= 0.6 is 0 Å². The highest BCUT2D eigenvalue weighted by Gasteiger charge is 2.20. The Morgan fingerprint density at radius 2 is 2.47 bits per heavy atom. The van der Waals surface area contributed by atoms with Gasteiger partial charge in [-0.3, -0.25) is 11.3 Å². The maximum Gasteiger partial charge on any atom is 0.0950 e. The monoisotopic (exact) mass is 210 g/mol. The number of furan rings is 1. The van der Waals surface area contributed by atoms with Crippen molar-refractivity contribution < 1.29 is 9.15 Å². The molecular formula is C11H18N2O2. The van der Waals surface area contributed by atoms with Crippen LogP contribution < -0.4 is 11.3 Å². The predicted octanol–water partition coefficient (Wildman–Crippen LogP) is 1.74. The van der Waals surface area contributed by atoms with Crippen molar-refractivity contribution in [3.8, 4) is 0 Å². The van der Waals surface area contributed by atoms with Crippen LogP contribution in [-0.2, 0) is 4.74 Å². The average molecular weight is 210 g/mol. The van der Waals surface area contributed by atoms with Crippen LogP contribution in [0.1, 0.15) is 37.3 Å². The molecule has 0 aliphatic carbocycles. The van der Waals surface area contributed by atoms with Crippen molar-refractivity contribution in [3.63, 3.8) is 0 Å². The standard InChI is InChI=1S/C11H18N2O2/c12-13-11(9-4-6-14-8-9)7-10-3-1-2-5-15-10/h4,6,8,10-11,13H,1-3,5,7,12H2. The summed E-state index contributed by atoms with van der Waals surface area (Å²) in [5.41, 5.74) is 3.90. The fourth-order valence-corrected chi connectivity index (χ4v) is 2.03. The molecule has 2 atom stereocenters. The van der Waals surface area contributed by atoms with Crippen molar-refractivity contribution in [2.45, 2.75) is 37.8 Å². The summed E-state index contributed by atoms with van der Waals surface area (Å²) in [6, 6.07) is 2.07. The van der Waals surface area contributed by atoms with E-state index in [0.717, 1.165) is 25.0 Å². The fraction of sp³-hybridized carbons (Fsp3) is 0.636. The highest BCUT2D eigenvalue weighted by molar-refractivity contribution is 5.11. The second-order valence-corrected chi connectivity index (χ2v) is 4.00. The lowest BCUT2D eigenvalue weighted by atomic mass is 9.99. The quantitative estimate of drug-likeness (QED) is 0.587. The molecule has 15 heavy (non-hydrogen) atoms. The van der Waals surface area contributed by atoms with Crippen molar-refractivity contribution in [1.82, 2.24) is 5.43 Å². The summed E-state index contributed by atoms with van der Waals surface area (Å²) >= 11 is 0. The molecule has 0 bridgehead atoms. The number of hydrogen-bond donors (Lipinski definition) is 2. The number of hydrogen-bond acceptors (Lipinski definition) is 4. The molecule has 1 fully saturated rings. The molecule has 2 heterocycles. The molecule has 0 amide bonds. The van der Waals surface area contributed by atoms with Crippen molar-refractivity contribution in [2.75, 3.05) is 6.61 Å². The minimum absolute atomic E-state index is 0.131. The molecule has 1 aromatic heterocycles. The van der Waals surface area contributed by atoms with E-state index in [2.05, 4.69) is 5.43 Å². The van der Waals surface area contributed by atoms with E-state index in [4.69, 9.17) is 15.0 Å². The van der Waals surface area contributed by atoms with E-state index in [9.17, 15) is 0 Å². The van der Waals surface area contributed by atoms with E-state index < -0.39 is 0 Å². The summed E-state index contributed by atoms with van der Waals surface area (Å²) in [4.78, 5) is 0. The fourth-order valence-electron chi connectivity index (χ4n) is 2.03. The van der Waals surface area contributed by atoms with Gasteiger partial charge in [-0.1, -0.05) is 0 Å². The van der Waals surface area contributed by atoms with Gasteiger partial charge in [-0.15, -0.1) is 0 Å². The molecule has 0 aromatic carbocycles. The van der Waals surface area contributed by atoms with E-state index >= 15 is 0 Å². The lowest BCUT2D eigenvalue weighted by Crippen LogP contribution is -2.32. The summed E-state index contributed by atoms with van der Waals surface area (Å²) in [5.74, 6) is 5.53. The Kier molecular flexibility index (Phi) is 3.77. The molecule has 0 radical (unpaired) electrons. The SMILES string of the molecule is NNC(CC1CCCCO1)c1ccoc1. The third kappa shape index (κ3) is 2.81. The van der Waals surface area contributed by atoms with Crippen LogP contribution in [0.15, 0.2) is 23.0 Å². The average Bonchev–Trinajstić information content (AvgIpc) is 2.81. The molecule has 1 aromatic rings. The highest BCUT2D eigenvalue weighted by Crippen LogP contribution is 2.24.